The molecule has 1 N–H and O–H groups in total. The number of carbonyl (C=O) groups excluding carboxylic acids is 1. The predicted molar refractivity (Wildman–Crippen MR) is 94.9 cm³/mol. The number of benzene rings is 1. The third kappa shape index (κ3) is 3.20. The van der Waals surface area contributed by atoms with Gasteiger partial charge >= 0.3 is 0 Å². The second-order valence-electron chi connectivity index (χ2n) is 5.35. The monoisotopic (exact) mass is 357 g/mol. The molecule has 0 fully saturated rings. The highest BCUT2D eigenvalue weighted by Crippen LogP contribution is 2.23. The lowest BCUT2D eigenvalue weighted by atomic mass is 10.2. The zero-order valence-electron chi connectivity index (χ0n) is 12.8. The van der Waals surface area contributed by atoms with Crippen molar-refractivity contribution in [2.75, 3.05) is 5.75 Å². The van der Waals surface area contributed by atoms with Gasteiger partial charge in [-0.2, -0.15) is 16.9 Å². The van der Waals surface area contributed by atoms with E-state index in [1.54, 1.807) is 0 Å². The molecule has 0 atom stereocenters. The van der Waals surface area contributed by atoms with Gasteiger partial charge in [-0.05, 0) is 6.07 Å². The van der Waals surface area contributed by atoms with Gasteiger partial charge in [-0.3, -0.25) is 9.48 Å². The summed E-state index contributed by atoms with van der Waals surface area (Å²) in [5.41, 5.74) is 2.62. The Bertz CT molecular complexity index is 835. The van der Waals surface area contributed by atoms with Gasteiger partial charge in [0.25, 0.3) is 5.91 Å². The van der Waals surface area contributed by atoms with E-state index < -0.39 is 0 Å². The third-order valence-electron chi connectivity index (χ3n) is 3.68. The molecule has 1 amide bonds. The molecule has 0 unspecified atom stereocenters. The number of aromatic nitrogens is 4. The van der Waals surface area contributed by atoms with E-state index in [1.165, 1.54) is 11.3 Å². The Hall–Kier alpha value is -2.19. The summed E-state index contributed by atoms with van der Waals surface area (Å²) in [4.78, 5) is 12.3. The number of hydrogen-bond donors (Lipinski definition) is 1. The Morgan fingerprint density at radius 2 is 2.12 bits per heavy atom. The smallest absolute Gasteiger partial charge is 0.272 e. The van der Waals surface area contributed by atoms with Gasteiger partial charge in [-0.1, -0.05) is 41.7 Å². The molecule has 1 aliphatic rings. The van der Waals surface area contributed by atoms with Gasteiger partial charge in [0.15, 0.2) is 0 Å². The summed E-state index contributed by atoms with van der Waals surface area (Å²) < 4.78 is 1.92. The molecule has 0 saturated carbocycles. The fourth-order valence-electron chi connectivity index (χ4n) is 2.47. The number of aryl methyl sites for hydroxylation is 1. The first-order valence-electron chi connectivity index (χ1n) is 7.60. The van der Waals surface area contributed by atoms with Gasteiger partial charge in [0.1, 0.15) is 15.7 Å². The van der Waals surface area contributed by atoms with Crippen LogP contribution in [0.25, 0.3) is 10.6 Å². The summed E-state index contributed by atoms with van der Waals surface area (Å²) in [6.45, 7) is 1.23. The maximum atomic E-state index is 12.3. The summed E-state index contributed by atoms with van der Waals surface area (Å²) >= 11 is 3.35. The zero-order valence-corrected chi connectivity index (χ0v) is 14.4. The van der Waals surface area contributed by atoms with Crippen molar-refractivity contribution in [3.8, 4) is 10.6 Å². The van der Waals surface area contributed by atoms with Crippen LogP contribution in [0, 0.1) is 0 Å². The Labute approximate surface area is 147 Å². The van der Waals surface area contributed by atoms with Gasteiger partial charge in [-0.15, -0.1) is 10.2 Å². The Morgan fingerprint density at radius 1 is 1.25 bits per heavy atom. The predicted octanol–water partition coefficient (Wildman–Crippen LogP) is 2.58. The number of hydrogen-bond acceptors (Lipinski definition) is 6. The molecule has 0 radical (unpaired) electrons. The van der Waals surface area contributed by atoms with Gasteiger partial charge in [0.2, 0.25) is 0 Å². The van der Waals surface area contributed by atoms with Gasteiger partial charge < -0.3 is 5.32 Å². The summed E-state index contributed by atoms with van der Waals surface area (Å²) in [5.74, 6) is 1.79. The Balaban J connectivity index is 1.41. The van der Waals surface area contributed by atoms with Crippen molar-refractivity contribution in [1.82, 2.24) is 25.3 Å². The molecule has 3 aromatic rings. The van der Waals surface area contributed by atoms with Gasteiger partial charge in [-0.25, -0.2) is 0 Å². The number of thioether (sulfide) groups is 1. The minimum Gasteiger partial charge on any atom is -0.344 e. The van der Waals surface area contributed by atoms with Crippen LogP contribution >= 0.6 is 23.1 Å². The second-order valence-corrected chi connectivity index (χ2v) is 7.51. The van der Waals surface area contributed by atoms with E-state index in [0.29, 0.717) is 12.2 Å². The summed E-state index contributed by atoms with van der Waals surface area (Å²) in [6.07, 6.45) is 0. The zero-order chi connectivity index (χ0) is 16.4. The molecule has 24 heavy (non-hydrogen) atoms. The molecule has 2 aromatic heterocycles. The van der Waals surface area contributed by atoms with Crippen molar-refractivity contribution < 1.29 is 4.79 Å². The Morgan fingerprint density at radius 3 is 2.96 bits per heavy atom. The highest BCUT2D eigenvalue weighted by Gasteiger charge is 2.17. The molecule has 0 aliphatic carbocycles. The molecule has 0 saturated heterocycles. The number of carbonyl (C=O) groups is 1. The van der Waals surface area contributed by atoms with E-state index in [-0.39, 0.29) is 5.91 Å². The van der Waals surface area contributed by atoms with E-state index in [4.69, 9.17) is 0 Å². The van der Waals surface area contributed by atoms with Crippen LogP contribution in [-0.4, -0.2) is 31.6 Å². The molecule has 0 bridgehead atoms. The molecular weight excluding hydrogens is 342 g/mol. The average Bonchev–Trinajstić information content (AvgIpc) is 3.27. The lowest BCUT2D eigenvalue weighted by molar-refractivity contribution is 0.0945. The maximum Gasteiger partial charge on any atom is 0.272 e. The Kier molecular flexibility index (Phi) is 4.31. The van der Waals surface area contributed by atoms with Crippen LogP contribution in [0.4, 0.5) is 0 Å². The number of rotatable bonds is 4. The number of amides is 1. The van der Waals surface area contributed by atoms with Crippen molar-refractivity contribution >= 4 is 29.0 Å². The maximum absolute atomic E-state index is 12.3. The number of nitrogens with zero attached hydrogens (tertiary/aromatic N) is 4. The van der Waals surface area contributed by atoms with Crippen molar-refractivity contribution in [3.63, 3.8) is 0 Å². The van der Waals surface area contributed by atoms with E-state index in [0.717, 1.165) is 39.3 Å². The van der Waals surface area contributed by atoms with Crippen LogP contribution in [0.2, 0.25) is 0 Å². The molecule has 8 heteroatoms. The number of nitrogens with one attached hydrogen (secondary N) is 1. The quantitative estimate of drug-likeness (QED) is 0.777. The van der Waals surface area contributed by atoms with Crippen LogP contribution < -0.4 is 5.32 Å². The van der Waals surface area contributed by atoms with Crippen LogP contribution in [0.3, 0.4) is 0 Å². The third-order valence-corrected chi connectivity index (χ3v) is 5.62. The van der Waals surface area contributed by atoms with E-state index in [9.17, 15) is 4.79 Å². The number of fused-ring (bicyclic) bond motifs is 1. The lowest BCUT2D eigenvalue weighted by Gasteiger charge is -2.11. The average molecular weight is 357 g/mol. The van der Waals surface area contributed by atoms with Crippen LogP contribution in [0.5, 0.6) is 0 Å². The first kappa shape index (κ1) is 15.3. The first-order chi connectivity index (χ1) is 11.8. The molecule has 6 nitrogen and oxygen atoms in total. The van der Waals surface area contributed by atoms with Crippen LogP contribution in [-0.2, 0) is 18.8 Å². The summed E-state index contributed by atoms with van der Waals surface area (Å²) in [5, 5.41) is 17.2. The topological polar surface area (TPSA) is 72.7 Å². The first-order valence-corrected chi connectivity index (χ1v) is 9.57. The fourth-order valence-corrected chi connectivity index (χ4v) is 4.15. The van der Waals surface area contributed by atoms with Crippen molar-refractivity contribution in [2.24, 2.45) is 0 Å². The SMILES string of the molecule is O=C(NCc1nnc(-c2ccccc2)s1)c1cc2n(n1)CCSC2. The van der Waals surface area contributed by atoms with Gasteiger partial charge in [0, 0.05) is 22.8 Å². The summed E-state index contributed by atoms with van der Waals surface area (Å²) in [6, 6.07) is 11.8. The van der Waals surface area contributed by atoms with Crippen LogP contribution in [0.15, 0.2) is 36.4 Å². The van der Waals surface area contributed by atoms with E-state index in [2.05, 4.69) is 20.6 Å². The molecule has 1 aliphatic heterocycles. The molecule has 1 aromatic carbocycles. The molecule has 3 heterocycles. The minimum absolute atomic E-state index is 0.168. The molecule has 4 rings (SSSR count). The highest BCUT2D eigenvalue weighted by molar-refractivity contribution is 7.98. The van der Waals surface area contributed by atoms with Crippen molar-refractivity contribution in [2.45, 2.75) is 18.8 Å². The van der Waals surface area contributed by atoms with Crippen molar-refractivity contribution in [3.05, 3.63) is 52.8 Å². The summed E-state index contributed by atoms with van der Waals surface area (Å²) in [7, 11) is 0. The molecule has 0 spiro atoms. The minimum atomic E-state index is -0.168. The standard InChI is InChI=1S/C16H15N5OS2/c22-15(13-8-12-10-23-7-6-21(12)20-13)17-9-14-18-19-16(24-14)11-4-2-1-3-5-11/h1-5,8H,6-7,9-10H2,(H,17,22). The molecule has 122 valence electrons. The fraction of sp³-hybridized carbons (Fsp3) is 0.250. The van der Waals surface area contributed by atoms with E-state index in [1.807, 2.05) is 52.8 Å². The van der Waals surface area contributed by atoms with E-state index >= 15 is 0 Å². The lowest BCUT2D eigenvalue weighted by Crippen LogP contribution is -2.23. The highest BCUT2D eigenvalue weighted by atomic mass is 32.2. The van der Waals surface area contributed by atoms with Crippen molar-refractivity contribution in [1.29, 1.82) is 0 Å². The normalized spacial score (nSPS) is 13.5. The van der Waals surface area contributed by atoms with Crippen LogP contribution in [0.1, 0.15) is 21.2 Å². The second kappa shape index (κ2) is 6.74. The largest absolute Gasteiger partial charge is 0.344 e. The molecular formula is C16H15N5OS2. The van der Waals surface area contributed by atoms with Gasteiger partial charge in [0.05, 0.1) is 13.1 Å².